The van der Waals surface area contributed by atoms with E-state index in [1.807, 2.05) is 30.0 Å². The molecule has 1 atom stereocenters. The van der Waals surface area contributed by atoms with Gasteiger partial charge in [0.25, 0.3) is 0 Å². The van der Waals surface area contributed by atoms with Crippen molar-refractivity contribution in [2.75, 3.05) is 18.6 Å². The van der Waals surface area contributed by atoms with Gasteiger partial charge in [0.2, 0.25) is 0 Å². The van der Waals surface area contributed by atoms with E-state index in [4.69, 9.17) is 9.47 Å². The number of methoxy groups -OCH3 is 1. The number of hydrogen-bond acceptors (Lipinski definition) is 4. The van der Waals surface area contributed by atoms with E-state index in [1.54, 1.807) is 21.0 Å². The summed E-state index contributed by atoms with van der Waals surface area (Å²) >= 11 is 1.90. The van der Waals surface area contributed by atoms with Crippen LogP contribution in [-0.4, -0.2) is 29.8 Å². The number of benzene rings is 1. The van der Waals surface area contributed by atoms with Crippen molar-refractivity contribution in [3.05, 3.63) is 23.8 Å². The number of thioether (sulfide) groups is 1. The molecule has 1 aliphatic heterocycles. The average Bonchev–Trinajstić information content (AvgIpc) is 2.80. The van der Waals surface area contributed by atoms with Crippen LogP contribution in [0, 0.1) is 0 Å². The largest absolute Gasteiger partial charge is 0.493 e. The minimum Gasteiger partial charge on any atom is -0.493 e. The van der Waals surface area contributed by atoms with Gasteiger partial charge in [0.15, 0.2) is 11.5 Å². The zero-order valence-electron chi connectivity index (χ0n) is 11.1. The van der Waals surface area contributed by atoms with Gasteiger partial charge in [0.05, 0.1) is 12.7 Å². The molecule has 0 amide bonds. The maximum Gasteiger partial charge on any atom is 0.167 e. The first-order chi connectivity index (χ1) is 8.52. The number of para-hydroxylation sites is 1. The molecule has 18 heavy (non-hydrogen) atoms. The summed E-state index contributed by atoms with van der Waals surface area (Å²) in [5.74, 6) is 3.51. The standard InChI is InChI=1S/C14H20O3S/c1-14(2,15)11-5-4-6-12(16-3)13(11)17-10-7-8-18-9-10/h4-6,10,15H,7-9H2,1-3H3. The van der Waals surface area contributed by atoms with Crippen LogP contribution >= 0.6 is 11.8 Å². The van der Waals surface area contributed by atoms with E-state index in [-0.39, 0.29) is 6.10 Å². The molecule has 1 fully saturated rings. The first-order valence-corrected chi connectivity index (χ1v) is 7.32. The molecule has 0 aromatic heterocycles. The van der Waals surface area contributed by atoms with Crippen LogP contribution in [0.2, 0.25) is 0 Å². The van der Waals surface area contributed by atoms with E-state index in [0.717, 1.165) is 23.5 Å². The summed E-state index contributed by atoms with van der Waals surface area (Å²) in [7, 11) is 1.62. The van der Waals surface area contributed by atoms with E-state index in [9.17, 15) is 5.11 Å². The third-order valence-electron chi connectivity index (χ3n) is 3.03. The van der Waals surface area contributed by atoms with E-state index in [0.29, 0.717) is 11.5 Å². The monoisotopic (exact) mass is 268 g/mol. The van der Waals surface area contributed by atoms with Crippen LogP contribution in [0.25, 0.3) is 0 Å². The van der Waals surface area contributed by atoms with Crippen LogP contribution in [0.4, 0.5) is 0 Å². The van der Waals surface area contributed by atoms with Crippen LogP contribution < -0.4 is 9.47 Å². The van der Waals surface area contributed by atoms with Gasteiger partial charge in [-0.25, -0.2) is 0 Å². The van der Waals surface area contributed by atoms with Crippen molar-refractivity contribution in [2.45, 2.75) is 32.0 Å². The smallest absolute Gasteiger partial charge is 0.167 e. The first kappa shape index (κ1) is 13.6. The molecular formula is C14H20O3S. The third-order valence-corrected chi connectivity index (χ3v) is 4.16. The molecule has 1 heterocycles. The highest BCUT2D eigenvalue weighted by Crippen LogP contribution is 2.39. The van der Waals surface area contributed by atoms with Gasteiger partial charge in [0.1, 0.15) is 6.10 Å². The van der Waals surface area contributed by atoms with Gasteiger partial charge in [-0.3, -0.25) is 0 Å². The average molecular weight is 268 g/mol. The summed E-state index contributed by atoms with van der Waals surface area (Å²) < 4.78 is 11.4. The normalized spacial score (nSPS) is 19.9. The molecule has 0 radical (unpaired) electrons. The van der Waals surface area contributed by atoms with Crippen LogP contribution in [0.5, 0.6) is 11.5 Å². The summed E-state index contributed by atoms with van der Waals surface area (Å²) in [6, 6.07) is 5.63. The lowest BCUT2D eigenvalue weighted by Gasteiger charge is -2.25. The van der Waals surface area contributed by atoms with E-state index >= 15 is 0 Å². The maximum atomic E-state index is 10.2. The van der Waals surface area contributed by atoms with Crippen molar-refractivity contribution in [1.82, 2.24) is 0 Å². The molecule has 1 unspecified atom stereocenters. The molecule has 1 aromatic carbocycles. The second-order valence-electron chi connectivity index (χ2n) is 5.00. The topological polar surface area (TPSA) is 38.7 Å². The van der Waals surface area contributed by atoms with Crippen LogP contribution in [0.3, 0.4) is 0 Å². The second kappa shape index (κ2) is 5.41. The summed E-state index contributed by atoms with van der Waals surface area (Å²) in [5.41, 5.74) is -0.158. The van der Waals surface area contributed by atoms with Gasteiger partial charge in [-0.15, -0.1) is 0 Å². The summed E-state index contributed by atoms with van der Waals surface area (Å²) in [6.07, 6.45) is 1.26. The number of hydrogen-bond donors (Lipinski definition) is 1. The number of aliphatic hydroxyl groups is 1. The van der Waals surface area contributed by atoms with Crippen LogP contribution in [0.15, 0.2) is 18.2 Å². The molecule has 1 aromatic rings. The zero-order chi connectivity index (χ0) is 13.2. The van der Waals surface area contributed by atoms with Crippen LogP contribution in [-0.2, 0) is 5.60 Å². The summed E-state index contributed by atoms with van der Waals surface area (Å²) in [4.78, 5) is 0. The van der Waals surface area contributed by atoms with Gasteiger partial charge >= 0.3 is 0 Å². The molecule has 2 rings (SSSR count). The van der Waals surface area contributed by atoms with E-state index in [2.05, 4.69) is 0 Å². The predicted molar refractivity (Wildman–Crippen MR) is 74.6 cm³/mol. The van der Waals surface area contributed by atoms with Gasteiger partial charge in [-0.1, -0.05) is 12.1 Å². The Kier molecular flexibility index (Phi) is 4.07. The molecule has 1 saturated heterocycles. The van der Waals surface area contributed by atoms with Gasteiger partial charge in [-0.2, -0.15) is 11.8 Å². The highest BCUT2D eigenvalue weighted by atomic mass is 32.2. The maximum absolute atomic E-state index is 10.2. The lowest BCUT2D eigenvalue weighted by atomic mass is 9.97. The molecule has 1 N–H and O–H groups in total. The molecule has 0 saturated carbocycles. The second-order valence-corrected chi connectivity index (χ2v) is 6.15. The lowest BCUT2D eigenvalue weighted by Crippen LogP contribution is -2.21. The van der Waals surface area contributed by atoms with E-state index < -0.39 is 5.60 Å². The van der Waals surface area contributed by atoms with Crippen molar-refractivity contribution in [2.24, 2.45) is 0 Å². The van der Waals surface area contributed by atoms with Gasteiger partial charge in [0, 0.05) is 11.3 Å². The Hall–Kier alpha value is -0.870. The first-order valence-electron chi connectivity index (χ1n) is 6.16. The van der Waals surface area contributed by atoms with Crippen molar-refractivity contribution in [1.29, 1.82) is 0 Å². The minimum absolute atomic E-state index is 0.215. The molecule has 1 aliphatic rings. The Morgan fingerprint density at radius 1 is 1.39 bits per heavy atom. The summed E-state index contributed by atoms with van der Waals surface area (Å²) in [5, 5.41) is 10.2. The molecule has 0 bridgehead atoms. The third kappa shape index (κ3) is 2.93. The Bertz CT molecular complexity index is 406. The fourth-order valence-electron chi connectivity index (χ4n) is 2.05. The highest BCUT2D eigenvalue weighted by Gasteiger charge is 2.27. The van der Waals surface area contributed by atoms with Gasteiger partial charge in [-0.05, 0) is 32.1 Å². The Morgan fingerprint density at radius 3 is 2.72 bits per heavy atom. The Morgan fingerprint density at radius 2 is 2.17 bits per heavy atom. The van der Waals surface area contributed by atoms with Crippen molar-refractivity contribution >= 4 is 11.8 Å². The SMILES string of the molecule is COc1cccc(C(C)(C)O)c1OC1CCSC1. The summed E-state index contributed by atoms with van der Waals surface area (Å²) in [6.45, 7) is 3.52. The quantitative estimate of drug-likeness (QED) is 0.911. The molecule has 100 valence electrons. The number of ether oxygens (including phenoxy) is 2. The zero-order valence-corrected chi connectivity index (χ0v) is 11.9. The molecule has 3 nitrogen and oxygen atoms in total. The van der Waals surface area contributed by atoms with Crippen LogP contribution in [0.1, 0.15) is 25.8 Å². The molecule has 0 spiro atoms. The minimum atomic E-state index is -0.935. The van der Waals surface area contributed by atoms with Crippen molar-refractivity contribution < 1.29 is 14.6 Å². The fraction of sp³-hybridized carbons (Fsp3) is 0.571. The molecular weight excluding hydrogens is 248 g/mol. The van der Waals surface area contributed by atoms with Crippen molar-refractivity contribution in [3.63, 3.8) is 0 Å². The fourth-order valence-corrected chi connectivity index (χ4v) is 3.15. The van der Waals surface area contributed by atoms with E-state index in [1.165, 1.54) is 0 Å². The molecule has 0 aliphatic carbocycles. The van der Waals surface area contributed by atoms with Crippen molar-refractivity contribution in [3.8, 4) is 11.5 Å². The highest BCUT2D eigenvalue weighted by molar-refractivity contribution is 7.99. The molecule has 4 heteroatoms. The predicted octanol–water partition coefficient (Wildman–Crippen LogP) is 2.81. The number of rotatable bonds is 4. The Labute approximate surface area is 112 Å². The lowest BCUT2D eigenvalue weighted by molar-refractivity contribution is 0.0721. The van der Waals surface area contributed by atoms with Gasteiger partial charge < -0.3 is 14.6 Å². The Balaban J connectivity index is 2.34.